The highest BCUT2D eigenvalue weighted by molar-refractivity contribution is 6.03. The Balaban J connectivity index is 1.73. The molecule has 21 heavy (non-hydrogen) atoms. The Kier molecular flexibility index (Phi) is 3.60. The van der Waals surface area contributed by atoms with Crippen LogP contribution in [-0.2, 0) is 6.42 Å². The smallest absolute Gasteiger partial charge is 0.253 e. The van der Waals surface area contributed by atoms with E-state index in [1.54, 1.807) is 6.26 Å². The number of hydrogen-bond acceptors (Lipinski definition) is 3. The molecule has 1 amide bonds. The third-order valence-electron chi connectivity index (χ3n) is 3.40. The zero-order chi connectivity index (χ0) is 14.7. The van der Waals surface area contributed by atoms with Gasteiger partial charge < -0.3 is 15.5 Å². The van der Waals surface area contributed by atoms with Crippen molar-refractivity contribution in [3.8, 4) is 0 Å². The lowest BCUT2D eigenvalue weighted by atomic mass is 10.0. The maximum atomic E-state index is 12.2. The van der Waals surface area contributed by atoms with Gasteiger partial charge in [-0.1, -0.05) is 24.3 Å². The van der Waals surface area contributed by atoms with Crippen LogP contribution in [0.3, 0.4) is 0 Å². The van der Waals surface area contributed by atoms with Gasteiger partial charge in [0.25, 0.3) is 5.91 Å². The summed E-state index contributed by atoms with van der Waals surface area (Å²) in [5, 5.41) is 4.90. The summed E-state index contributed by atoms with van der Waals surface area (Å²) in [6, 6.07) is 15.2. The third-order valence-corrected chi connectivity index (χ3v) is 3.40. The quantitative estimate of drug-likeness (QED) is 0.722. The molecule has 1 aromatic heterocycles. The summed E-state index contributed by atoms with van der Waals surface area (Å²) in [7, 11) is 0. The minimum atomic E-state index is -0.162. The van der Waals surface area contributed by atoms with Gasteiger partial charge in [0.15, 0.2) is 0 Å². The van der Waals surface area contributed by atoms with Gasteiger partial charge in [0, 0.05) is 18.7 Å². The Hall–Kier alpha value is -2.75. The molecule has 3 rings (SSSR count). The summed E-state index contributed by atoms with van der Waals surface area (Å²) in [5.41, 5.74) is 6.97. The number of benzene rings is 2. The van der Waals surface area contributed by atoms with Crippen LogP contribution in [0.25, 0.3) is 10.8 Å². The number of amides is 1. The van der Waals surface area contributed by atoms with Crippen molar-refractivity contribution >= 4 is 22.4 Å². The Morgan fingerprint density at radius 1 is 1.10 bits per heavy atom. The molecule has 4 heteroatoms. The second kappa shape index (κ2) is 5.71. The van der Waals surface area contributed by atoms with Crippen molar-refractivity contribution in [3.63, 3.8) is 0 Å². The van der Waals surface area contributed by atoms with E-state index in [0.29, 0.717) is 24.2 Å². The van der Waals surface area contributed by atoms with Crippen LogP contribution in [0.15, 0.2) is 59.2 Å². The largest absolute Gasteiger partial charge is 0.469 e. The molecule has 0 bridgehead atoms. The predicted molar refractivity (Wildman–Crippen MR) is 83.1 cm³/mol. The average Bonchev–Trinajstić information content (AvgIpc) is 2.99. The normalized spacial score (nSPS) is 10.7. The van der Waals surface area contributed by atoms with E-state index >= 15 is 0 Å². The molecule has 0 atom stereocenters. The molecule has 0 aliphatic rings. The summed E-state index contributed by atoms with van der Waals surface area (Å²) < 4.78 is 5.23. The number of nitrogens with two attached hydrogens (primary N) is 1. The number of carbonyl (C=O) groups excluding carboxylic acids is 1. The lowest BCUT2D eigenvalue weighted by molar-refractivity contribution is 0.0954. The fourth-order valence-corrected chi connectivity index (χ4v) is 2.30. The van der Waals surface area contributed by atoms with Gasteiger partial charge >= 0.3 is 0 Å². The van der Waals surface area contributed by atoms with Gasteiger partial charge in [0.2, 0.25) is 0 Å². The fraction of sp³-hybridized carbons (Fsp3) is 0.118. The lowest BCUT2D eigenvalue weighted by Gasteiger charge is -2.08. The summed E-state index contributed by atoms with van der Waals surface area (Å²) in [4.78, 5) is 12.2. The van der Waals surface area contributed by atoms with E-state index in [9.17, 15) is 4.79 Å². The average molecular weight is 280 g/mol. The van der Waals surface area contributed by atoms with Gasteiger partial charge in [0.1, 0.15) is 5.76 Å². The first-order valence-corrected chi connectivity index (χ1v) is 6.83. The highest BCUT2D eigenvalue weighted by Gasteiger charge is 2.10. The van der Waals surface area contributed by atoms with E-state index in [2.05, 4.69) is 5.32 Å². The Labute approximate surface area is 122 Å². The van der Waals surface area contributed by atoms with Crippen molar-refractivity contribution in [1.29, 1.82) is 0 Å². The molecule has 0 aliphatic heterocycles. The Morgan fingerprint density at radius 2 is 1.86 bits per heavy atom. The van der Waals surface area contributed by atoms with Crippen molar-refractivity contribution in [1.82, 2.24) is 5.32 Å². The van der Waals surface area contributed by atoms with Crippen LogP contribution < -0.4 is 11.1 Å². The molecule has 0 spiro atoms. The van der Waals surface area contributed by atoms with Crippen LogP contribution in [0.1, 0.15) is 16.1 Å². The second-order valence-corrected chi connectivity index (χ2v) is 4.87. The SMILES string of the molecule is Nc1cc2ccccc2cc1C(=O)NCCc1ccco1. The summed E-state index contributed by atoms with van der Waals surface area (Å²) in [5.74, 6) is 0.687. The van der Waals surface area contributed by atoms with E-state index in [-0.39, 0.29) is 5.91 Å². The van der Waals surface area contributed by atoms with Crippen molar-refractivity contribution in [2.24, 2.45) is 0 Å². The van der Waals surface area contributed by atoms with Gasteiger partial charge in [0.05, 0.1) is 11.8 Å². The van der Waals surface area contributed by atoms with Gasteiger partial charge in [-0.3, -0.25) is 4.79 Å². The topological polar surface area (TPSA) is 68.3 Å². The highest BCUT2D eigenvalue weighted by Crippen LogP contribution is 2.21. The van der Waals surface area contributed by atoms with Crippen LogP contribution >= 0.6 is 0 Å². The molecule has 106 valence electrons. The van der Waals surface area contributed by atoms with Crippen molar-refractivity contribution in [2.45, 2.75) is 6.42 Å². The molecular formula is C17H16N2O2. The van der Waals surface area contributed by atoms with Crippen LogP contribution in [0.4, 0.5) is 5.69 Å². The number of anilines is 1. The molecule has 0 radical (unpaired) electrons. The lowest BCUT2D eigenvalue weighted by Crippen LogP contribution is -2.26. The third kappa shape index (κ3) is 2.89. The van der Waals surface area contributed by atoms with E-state index in [1.165, 1.54) is 0 Å². The summed E-state index contributed by atoms with van der Waals surface area (Å²) in [6.45, 7) is 0.513. The first-order valence-electron chi connectivity index (χ1n) is 6.83. The molecule has 0 aliphatic carbocycles. The zero-order valence-corrected chi connectivity index (χ0v) is 11.5. The summed E-state index contributed by atoms with van der Waals surface area (Å²) >= 11 is 0. The van der Waals surface area contributed by atoms with E-state index in [1.807, 2.05) is 48.5 Å². The van der Waals surface area contributed by atoms with Crippen LogP contribution in [-0.4, -0.2) is 12.5 Å². The number of rotatable bonds is 4. The van der Waals surface area contributed by atoms with E-state index in [4.69, 9.17) is 10.2 Å². The van der Waals surface area contributed by atoms with E-state index in [0.717, 1.165) is 16.5 Å². The number of fused-ring (bicyclic) bond motifs is 1. The molecule has 1 heterocycles. The van der Waals surface area contributed by atoms with Crippen molar-refractivity contribution in [3.05, 3.63) is 66.1 Å². The standard InChI is InChI=1S/C17H16N2O2/c18-16-11-13-5-2-1-4-12(13)10-15(16)17(20)19-8-7-14-6-3-9-21-14/h1-6,9-11H,7-8,18H2,(H,19,20). The van der Waals surface area contributed by atoms with Crippen LogP contribution in [0, 0.1) is 0 Å². The molecule has 0 saturated heterocycles. The zero-order valence-electron chi connectivity index (χ0n) is 11.5. The predicted octanol–water partition coefficient (Wildman–Crippen LogP) is 2.99. The van der Waals surface area contributed by atoms with Crippen LogP contribution in [0.2, 0.25) is 0 Å². The maximum absolute atomic E-state index is 12.2. The second-order valence-electron chi connectivity index (χ2n) is 4.87. The van der Waals surface area contributed by atoms with Crippen molar-refractivity contribution < 1.29 is 9.21 Å². The molecule has 0 fully saturated rings. The monoisotopic (exact) mass is 280 g/mol. The highest BCUT2D eigenvalue weighted by atomic mass is 16.3. The molecule has 0 saturated carbocycles. The minimum Gasteiger partial charge on any atom is -0.469 e. The molecular weight excluding hydrogens is 264 g/mol. The number of nitrogens with one attached hydrogen (secondary N) is 1. The molecule has 3 aromatic rings. The number of nitrogen functional groups attached to an aromatic ring is 1. The number of hydrogen-bond donors (Lipinski definition) is 2. The first-order chi connectivity index (χ1) is 10.2. The maximum Gasteiger partial charge on any atom is 0.253 e. The molecule has 4 nitrogen and oxygen atoms in total. The molecule has 2 aromatic carbocycles. The summed E-state index contributed by atoms with van der Waals surface area (Å²) in [6.07, 6.45) is 2.28. The Bertz CT molecular complexity index is 764. The first kappa shape index (κ1) is 13.2. The van der Waals surface area contributed by atoms with Gasteiger partial charge in [-0.2, -0.15) is 0 Å². The van der Waals surface area contributed by atoms with Crippen molar-refractivity contribution in [2.75, 3.05) is 12.3 Å². The van der Waals surface area contributed by atoms with E-state index < -0.39 is 0 Å². The molecule has 0 unspecified atom stereocenters. The minimum absolute atomic E-state index is 0.162. The Morgan fingerprint density at radius 3 is 2.57 bits per heavy atom. The van der Waals surface area contributed by atoms with Gasteiger partial charge in [-0.25, -0.2) is 0 Å². The fourth-order valence-electron chi connectivity index (χ4n) is 2.30. The van der Waals surface area contributed by atoms with Gasteiger partial charge in [-0.05, 0) is 35.0 Å². The van der Waals surface area contributed by atoms with Gasteiger partial charge in [-0.15, -0.1) is 0 Å². The van der Waals surface area contributed by atoms with Crippen LogP contribution in [0.5, 0.6) is 0 Å². The number of furan rings is 1. The number of carbonyl (C=O) groups is 1. The molecule has 3 N–H and O–H groups in total.